The zero-order valence-corrected chi connectivity index (χ0v) is 15.7. The van der Waals surface area contributed by atoms with E-state index in [9.17, 15) is 18.4 Å². The minimum absolute atomic E-state index is 0.0112. The number of hydrogen-bond acceptors (Lipinski definition) is 5. The molecule has 3 heterocycles. The van der Waals surface area contributed by atoms with Crippen molar-refractivity contribution in [2.24, 2.45) is 0 Å². The van der Waals surface area contributed by atoms with E-state index >= 15 is 0 Å². The van der Waals surface area contributed by atoms with Crippen LogP contribution >= 0.6 is 0 Å². The second-order valence-electron chi connectivity index (χ2n) is 6.82. The molecule has 0 atom stereocenters. The fourth-order valence-electron chi connectivity index (χ4n) is 3.46. The lowest BCUT2D eigenvalue weighted by molar-refractivity contribution is 0.0768. The van der Waals surface area contributed by atoms with Crippen molar-refractivity contribution in [2.45, 2.75) is 26.2 Å². The molecule has 2 aromatic heterocycles. The highest BCUT2D eigenvalue weighted by molar-refractivity contribution is 5.95. The summed E-state index contributed by atoms with van der Waals surface area (Å²) < 4.78 is 30.7. The number of ether oxygens (including phenoxy) is 1. The molecule has 1 aromatic carbocycles. The predicted molar refractivity (Wildman–Crippen MR) is 100 cm³/mol. The zero-order valence-electron chi connectivity index (χ0n) is 15.7. The standard InChI is InChI=1S/C19H19F2N5O3/c1-11-15(12-4-6-13(7-5-12)17(27)25-8-2-3-9-25)16-22-18(29-10-14(20)21)23-19(28)26(16)24-11/h4-7,14H,2-3,8-10H2,1H3,(H,22,23,28). The number of hydrogen-bond donors (Lipinski definition) is 1. The van der Waals surface area contributed by atoms with E-state index in [4.69, 9.17) is 4.74 Å². The van der Waals surface area contributed by atoms with E-state index in [2.05, 4.69) is 15.1 Å². The number of carbonyl (C=O) groups excluding carboxylic acids is 1. The molecule has 8 nitrogen and oxygen atoms in total. The highest BCUT2D eigenvalue weighted by Gasteiger charge is 2.21. The molecule has 1 N–H and O–H groups in total. The number of nitrogens with zero attached hydrogens (tertiary/aromatic N) is 4. The SMILES string of the molecule is Cc1nn2c(=O)[nH]c(OCC(F)F)nc2c1-c1ccc(C(=O)N2CCCC2)cc1. The molecule has 0 spiro atoms. The van der Waals surface area contributed by atoms with Crippen molar-refractivity contribution in [1.29, 1.82) is 0 Å². The smallest absolute Gasteiger partial charge is 0.352 e. The molecule has 0 bridgehead atoms. The summed E-state index contributed by atoms with van der Waals surface area (Å²) in [5, 5.41) is 4.18. The average molecular weight is 403 g/mol. The summed E-state index contributed by atoms with van der Waals surface area (Å²) in [4.78, 5) is 33.0. The first-order valence-electron chi connectivity index (χ1n) is 9.24. The first-order chi connectivity index (χ1) is 13.9. The van der Waals surface area contributed by atoms with Gasteiger partial charge in [-0.1, -0.05) is 12.1 Å². The van der Waals surface area contributed by atoms with Crippen LogP contribution in [0.2, 0.25) is 0 Å². The lowest BCUT2D eigenvalue weighted by atomic mass is 10.0. The largest absolute Gasteiger partial charge is 0.459 e. The van der Waals surface area contributed by atoms with Crippen LogP contribution in [0.25, 0.3) is 16.8 Å². The van der Waals surface area contributed by atoms with E-state index in [1.807, 2.05) is 4.90 Å². The monoisotopic (exact) mass is 403 g/mol. The van der Waals surface area contributed by atoms with Crippen molar-refractivity contribution >= 4 is 11.6 Å². The number of aromatic nitrogens is 4. The number of amides is 1. The summed E-state index contributed by atoms with van der Waals surface area (Å²) in [6, 6.07) is 6.66. The topological polar surface area (TPSA) is 92.6 Å². The third kappa shape index (κ3) is 3.69. The molecular formula is C19H19F2N5O3. The van der Waals surface area contributed by atoms with Gasteiger partial charge >= 0.3 is 5.69 Å². The number of nitrogens with one attached hydrogen (secondary N) is 1. The number of aromatic amines is 1. The van der Waals surface area contributed by atoms with E-state index in [0.29, 0.717) is 22.4 Å². The molecule has 29 heavy (non-hydrogen) atoms. The molecule has 10 heteroatoms. The first kappa shape index (κ1) is 19.0. The summed E-state index contributed by atoms with van der Waals surface area (Å²) in [6.07, 6.45) is -0.660. The van der Waals surface area contributed by atoms with Crippen LogP contribution in [0.15, 0.2) is 29.1 Å². The first-order valence-corrected chi connectivity index (χ1v) is 9.24. The van der Waals surface area contributed by atoms with Gasteiger partial charge in [-0.3, -0.25) is 9.78 Å². The van der Waals surface area contributed by atoms with E-state index in [-0.39, 0.29) is 17.6 Å². The van der Waals surface area contributed by atoms with Gasteiger partial charge in [0.25, 0.3) is 18.3 Å². The number of fused-ring (bicyclic) bond motifs is 1. The summed E-state index contributed by atoms with van der Waals surface area (Å²) in [5.74, 6) is -0.0112. The Kier molecular flexibility index (Phi) is 4.99. The number of aryl methyl sites for hydroxylation is 1. The molecule has 0 saturated carbocycles. The highest BCUT2D eigenvalue weighted by atomic mass is 19.3. The van der Waals surface area contributed by atoms with Crippen LogP contribution in [0, 0.1) is 6.92 Å². The van der Waals surface area contributed by atoms with Crippen molar-refractivity contribution in [3.63, 3.8) is 0 Å². The molecule has 0 radical (unpaired) electrons. The van der Waals surface area contributed by atoms with Gasteiger partial charge in [-0.15, -0.1) is 0 Å². The van der Waals surface area contributed by atoms with Gasteiger partial charge in [0.15, 0.2) is 12.3 Å². The Balaban J connectivity index is 1.70. The summed E-state index contributed by atoms with van der Waals surface area (Å²) in [5.41, 5.74) is 1.93. The summed E-state index contributed by atoms with van der Waals surface area (Å²) in [7, 11) is 0. The molecule has 1 aliphatic heterocycles. The Morgan fingerprint density at radius 3 is 2.59 bits per heavy atom. The Morgan fingerprint density at radius 1 is 1.24 bits per heavy atom. The molecule has 1 amide bonds. The number of rotatable bonds is 5. The highest BCUT2D eigenvalue weighted by Crippen LogP contribution is 2.27. The van der Waals surface area contributed by atoms with Gasteiger partial charge in [0.2, 0.25) is 0 Å². The van der Waals surface area contributed by atoms with Crippen molar-refractivity contribution in [3.8, 4) is 17.1 Å². The molecule has 3 aromatic rings. The number of benzene rings is 1. The van der Waals surface area contributed by atoms with Gasteiger partial charge in [-0.2, -0.15) is 14.6 Å². The van der Waals surface area contributed by atoms with Crippen LogP contribution in [-0.2, 0) is 0 Å². The predicted octanol–water partition coefficient (Wildman–Crippen LogP) is 2.27. The second kappa shape index (κ2) is 7.61. The lowest BCUT2D eigenvalue weighted by Gasteiger charge is -2.15. The maximum Gasteiger partial charge on any atom is 0.352 e. The van der Waals surface area contributed by atoms with Gasteiger partial charge in [-0.05, 0) is 37.5 Å². The fourth-order valence-corrected chi connectivity index (χ4v) is 3.46. The van der Waals surface area contributed by atoms with E-state index < -0.39 is 18.7 Å². The third-order valence-corrected chi connectivity index (χ3v) is 4.81. The van der Waals surface area contributed by atoms with Crippen LogP contribution < -0.4 is 10.4 Å². The molecule has 0 unspecified atom stereocenters. The van der Waals surface area contributed by atoms with Gasteiger partial charge in [0.1, 0.15) is 0 Å². The number of likely N-dealkylation sites (tertiary alicyclic amines) is 1. The van der Waals surface area contributed by atoms with E-state index in [1.54, 1.807) is 31.2 Å². The molecule has 4 rings (SSSR count). The van der Waals surface area contributed by atoms with Crippen molar-refractivity contribution in [1.82, 2.24) is 24.5 Å². The van der Waals surface area contributed by atoms with Gasteiger partial charge in [0, 0.05) is 24.2 Å². The van der Waals surface area contributed by atoms with Crippen molar-refractivity contribution in [2.75, 3.05) is 19.7 Å². The number of carbonyl (C=O) groups is 1. The summed E-state index contributed by atoms with van der Waals surface area (Å²) in [6.45, 7) is 2.37. The Labute approximate surface area is 164 Å². The normalized spacial score (nSPS) is 14.1. The van der Waals surface area contributed by atoms with E-state index in [0.717, 1.165) is 30.4 Å². The Morgan fingerprint density at radius 2 is 1.93 bits per heavy atom. The van der Waals surface area contributed by atoms with Crippen LogP contribution in [0.5, 0.6) is 6.01 Å². The number of alkyl halides is 2. The quantitative estimate of drug-likeness (QED) is 0.706. The van der Waals surface area contributed by atoms with Gasteiger partial charge < -0.3 is 9.64 Å². The zero-order chi connectivity index (χ0) is 20.5. The second-order valence-corrected chi connectivity index (χ2v) is 6.82. The molecule has 1 fully saturated rings. The molecule has 1 saturated heterocycles. The van der Waals surface area contributed by atoms with Crippen molar-refractivity contribution in [3.05, 3.63) is 46.0 Å². The number of H-pyrrole nitrogens is 1. The number of halogens is 2. The maximum absolute atomic E-state index is 12.5. The van der Waals surface area contributed by atoms with Crippen molar-refractivity contribution < 1.29 is 18.3 Å². The molecule has 0 aliphatic carbocycles. The molecule has 1 aliphatic rings. The van der Waals surface area contributed by atoms with Crippen LogP contribution in [0.3, 0.4) is 0 Å². The minimum atomic E-state index is -2.69. The molecular weight excluding hydrogens is 384 g/mol. The van der Waals surface area contributed by atoms with Gasteiger partial charge in [-0.25, -0.2) is 13.6 Å². The molecule has 152 valence electrons. The minimum Gasteiger partial charge on any atom is -0.459 e. The van der Waals surface area contributed by atoms with E-state index in [1.165, 1.54) is 0 Å². The fraction of sp³-hybridized carbons (Fsp3) is 0.368. The Hall–Kier alpha value is -3.30. The van der Waals surface area contributed by atoms with Gasteiger partial charge in [0.05, 0.1) is 5.69 Å². The Bertz CT molecular complexity index is 1100. The lowest BCUT2D eigenvalue weighted by Crippen LogP contribution is -2.27. The van der Waals surface area contributed by atoms with Crippen LogP contribution in [0.1, 0.15) is 28.9 Å². The third-order valence-electron chi connectivity index (χ3n) is 4.81. The van der Waals surface area contributed by atoms with Crippen LogP contribution in [0.4, 0.5) is 8.78 Å². The summed E-state index contributed by atoms with van der Waals surface area (Å²) >= 11 is 0. The maximum atomic E-state index is 12.5. The van der Waals surface area contributed by atoms with Crippen LogP contribution in [-0.4, -0.2) is 56.5 Å². The average Bonchev–Trinajstić information content (AvgIpc) is 3.34.